The lowest BCUT2D eigenvalue weighted by molar-refractivity contribution is -0.142. The molecule has 20 heavy (non-hydrogen) atoms. The van der Waals surface area contributed by atoms with Crippen LogP contribution < -0.4 is 10.1 Å². The van der Waals surface area contributed by atoms with Gasteiger partial charge in [-0.15, -0.1) is 0 Å². The van der Waals surface area contributed by atoms with Gasteiger partial charge in [-0.05, 0) is 32.9 Å². The Labute approximate surface area is 116 Å². The molecule has 0 aliphatic rings. The summed E-state index contributed by atoms with van der Waals surface area (Å²) >= 11 is 0. The number of benzene rings is 1. The number of halogens is 1. The second-order valence-corrected chi connectivity index (χ2v) is 4.61. The van der Waals surface area contributed by atoms with Crippen LogP contribution in [-0.2, 0) is 9.59 Å². The van der Waals surface area contributed by atoms with Gasteiger partial charge in [-0.1, -0.05) is 12.1 Å². The van der Waals surface area contributed by atoms with E-state index in [9.17, 15) is 14.0 Å². The normalized spacial score (nSPS) is 15.0. The van der Waals surface area contributed by atoms with E-state index < -0.39 is 35.8 Å². The molecule has 0 aliphatic carbocycles. The highest BCUT2D eigenvalue weighted by atomic mass is 19.1. The minimum atomic E-state index is -1.000. The number of carbonyl (C=O) groups is 2. The van der Waals surface area contributed by atoms with Crippen LogP contribution in [0.3, 0.4) is 0 Å². The molecule has 1 aromatic carbocycles. The van der Waals surface area contributed by atoms with Crippen LogP contribution in [0.4, 0.5) is 4.39 Å². The second-order valence-electron chi connectivity index (χ2n) is 4.61. The third kappa shape index (κ3) is 4.22. The van der Waals surface area contributed by atoms with Crippen molar-refractivity contribution in [1.82, 2.24) is 5.32 Å². The highest BCUT2D eigenvalue weighted by molar-refractivity contribution is 5.82. The Balaban J connectivity index is 2.60. The third-order valence-corrected chi connectivity index (χ3v) is 3.02. The molecule has 0 bridgehead atoms. The molecule has 0 radical (unpaired) electrons. The lowest BCUT2D eigenvalue weighted by Crippen LogP contribution is -2.45. The molecule has 0 fully saturated rings. The fourth-order valence-corrected chi connectivity index (χ4v) is 1.46. The standard InChI is InChI=1S/C14H18FNO4/c1-8(14(18)19)9(2)16-13(17)10(3)20-12-7-5-4-6-11(12)15/h4-10H,1-3H3,(H,16,17)(H,18,19). The average Bonchev–Trinajstić information content (AvgIpc) is 2.40. The first-order valence-electron chi connectivity index (χ1n) is 6.27. The Bertz CT molecular complexity index is 492. The van der Waals surface area contributed by atoms with Gasteiger partial charge in [0.15, 0.2) is 17.7 Å². The molecule has 0 aliphatic heterocycles. The monoisotopic (exact) mass is 283 g/mol. The molecule has 1 amide bonds. The Morgan fingerprint density at radius 3 is 2.40 bits per heavy atom. The third-order valence-electron chi connectivity index (χ3n) is 3.02. The molecular formula is C14H18FNO4. The number of nitrogens with one attached hydrogen (secondary N) is 1. The van der Waals surface area contributed by atoms with Crippen LogP contribution in [-0.4, -0.2) is 29.1 Å². The number of rotatable bonds is 6. The largest absolute Gasteiger partial charge is 0.481 e. The second kappa shape index (κ2) is 6.88. The van der Waals surface area contributed by atoms with Gasteiger partial charge in [0.25, 0.3) is 5.91 Å². The van der Waals surface area contributed by atoms with Gasteiger partial charge in [0, 0.05) is 6.04 Å². The molecule has 0 saturated carbocycles. The van der Waals surface area contributed by atoms with E-state index >= 15 is 0 Å². The average molecular weight is 283 g/mol. The first-order valence-corrected chi connectivity index (χ1v) is 6.27. The number of carboxylic acid groups (broad SMARTS) is 1. The van der Waals surface area contributed by atoms with E-state index in [1.165, 1.54) is 32.0 Å². The van der Waals surface area contributed by atoms with Crippen LogP contribution >= 0.6 is 0 Å². The smallest absolute Gasteiger partial charge is 0.308 e. The van der Waals surface area contributed by atoms with Gasteiger partial charge in [-0.25, -0.2) is 4.39 Å². The number of hydrogen-bond acceptors (Lipinski definition) is 3. The van der Waals surface area contributed by atoms with Gasteiger partial charge in [0.05, 0.1) is 5.92 Å². The molecule has 1 rings (SSSR count). The lowest BCUT2D eigenvalue weighted by Gasteiger charge is -2.21. The number of para-hydroxylation sites is 1. The van der Waals surface area contributed by atoms with Gasteiger partial charge in [-0.2, -0.15) is 0 Å². The summed E-state index contributed by atoms with van der Waals surface area (Å²) in [6.45, 7) is 4.56. The molecule has 0 aromatic heterocycles. The van der Waals surface area contributed by atoms with Gasteiger partial charge in [0.2, 0.25) is 0 Å². The summed E-state index contributed by atoms with van der Waals surface area (Å²) in [5.41, 5.74) is 0. The Hall–Kier alpha value is -2.11. The van der Waals surface area contributed by atoms with Crippen LogP contribution in [0.25, 0.3) is 0 Å². The summed E-state index contributed by atoms with van der Waals surface area (Å²) in [5, 5.41) is 11.4. The van der Waals surface area contributed by atoms with Crippen LogP contribution in [0, 0.1) is 11.7 Å². The number of hydrogen-bond donors (Lipinski definition) is 2. The lowest BCUT2D eigenvalue weighted by atomic mass is 10.0. The molecule has 1 aromatic rings. The van der Waals surface area contributed by atoms with E-state index in [0.29, 0.717) is 0 Å². The Morgan fingerprint density at radius 2 is 1.85 bits per heavy atom. The number of amides is 1. The van der Waals surface area contributed by atoms with Gasteiger partial charge in [-0.3, -0.25) is 9.59 Å². The Kier molecular flexibility index (Phi) is 5.49. The molecule has 6 heteroatoms. The van der Waals surface area contributed by atoms with Gasteiger partial charge >= 0.3 is 5.97 Å². The number of aliphatic carboxylic acids is 1. The maximum Gasteiger partial charge on any atom is 0.308 e. The molecule has 0 spiro atoms. The van der Waals surface area contributed by atoms with Gasteiger partial charge < -0.3 is 15.2 Å². The van der Waals surface area contributed by atoms with Crippen LogP contribution in [0.5, 0.6) is 5.75 Å². The summed E-state index contributed by atoms with van der Waals surface area (Å²) in [6.07, 6.45) is -0.921. The van der Waals surface area contributed by atoms with E-state index in [1.807, 2.05) is 0 Å². The first-order chi connectivity index (χ1) is 9.32. The first kappa shape index (κ1) is 15.9. The minimum Gasteiger partial charge on any atom is -0.481 e. The molecule has 5 nitrogen and oxygen atoms in total. The van der Waals surface area contributed by atoms with Crippen molar-refractivity contribution in [3.63, 3.8) is 0 Å². The number of carboxylic acids is 1. The van der Waals surface area contributed by atoms with Crippen LogP contribution in [0.1, 0.15) is 20.8 Å². The molecule has 3 atom stereocenters. The fourth-order valence-electron chi connectivity index (χ4n) is 1.46. The van der Waals surface area contributed by atoms with E-state index in [1.54, 1.807) is 13.0 Å². The van der Waals surface area contributed by atoms with Crippen molar-refractivity contribution in [3.05, 3.63) is 30.1 Å². The predicted octanol–water partition coefficient (Wildman–Crippen LogP) is 1.82. The quantitative estimate of drug-likeness (QED) is 0.835. The zero-order chi connectivity index (χ0) is 15.3. The van der Waals surface area contributed by atoms with Crippen molar-refractivity contribution >= 4 is 11.9 Å². The van der Waals surface area contributed by atoms with Gasteiger partial charge in [0.1, 0.15) is 0 Å². The summed E-state index contributed by atoms with van der Waals surface area (Å²) in [7, 11) is 0. The van der Waals surface area contributed by atoms with Crippen molar-refractivity contribution < 1.29 is 23.8 Å². The molecule has 110 valence electrons. The molecule has 3 unspecified atom stereocenters. The van der Waals surface area contributed by atoms with Crippen molar-refractivity contribution in [3.8, 4) is 5.75 Å². The highest BCUT2D eigenvalue weighted by Gasteiger charge is 2.24. The summed E-state index contributed by atoms with van der Waals surface area (Å²) < 4.78 is 18.6. The molecule has 2 N–H and O–H groups in total. The SMILES string of the molecule is CC(Oc1ccccc1F)C(=O)NC(C)C(C)C(=O)O. The van der Waals surface area contributed by atoms with Crippen LogP contribution in [0.2, 0.25) is 0 Å². The Morgan fingerprint density at radius 1 is 1.25 bits per heavy atom. The zero-order valence-electron chi connectivity index (χ0n) is 11.6. The summed E-state index contributed by atoms with van der Waals surface area (Å²) in [5.74, 6) is -2.79. The minimum absolute atomic E-state index is 0.0194. The molecular weight excluding hydrogens is 265 g/mol. The van der Waals surface area contributed by atoms with Crippen molar-refractivity contribution in [1.29, 1.82) is 0 Å². The topological polar surface area (TPSA) is 75.6 Å². The van der Waals surface area contributed by atoms with E-state index in [-0.39, 0.29) is 5.75 Å². The molecule has 0 heterocycles. The highest BCUT2D eigenvalue weighted by Crippen LogP contribution is 2.17. The van der Waals surface area contributed by atoms with E-state index in [2.05, 4.69) is 5.32 Å². The summed E-state index contributed by atoms with van der Waals surface area (Å²) in [4.78, 5) is 22.6. The predicted molar refractivity (Wildman–Crippen MR) is 70.9 cm³/mol. The van der Waals surface area contributed by atoms with Crippen molar-refractivity contribution in [2.45, 2.75) is 32.9 Å². The number of ether oxygens (including phenoxy) is 1. The fraction of sp³-hybridized carbons (Fsp3) is 0.429. The van der Waals surface area contributed by atoms with Crippen LogP contribution in [0.15, 0.2) is 24.3 Å². The van der Waals surface area contributed by atoms with Crippen molar-refractivity contribution in [2.75, 3.05) is 0 Å². The summed E-state index contributed by atoms with van der Waals surface area (Å²) in [6, 6.07) is 5.21. The maximum atomic E-state index is 13.4. The number of carbonyl (C=O) groups excluding carboxylic acids is 1. The van der Waals surface area contributed by atoms with E-state index in [0.717, 1.165) is 0 Å². The molecule has 0 saturated heterocycles. The van der Waals surface area contributed by atoms with E-state index in [4.69, 9.17) is 9.84 Å². The maximum absolute atomic E-state index is 13.4. The van der Waals surface area contributed by atoms with Crippen molar-refractivity contribution in [2.24, 2.45) is 5.92 Å². The zero-order valence-corrected chi connectivity index (χ0v) is 11.6.